The van der Waals surface area contributed by atoms with Gasteiger partial charge in [-0.25, -0.2) is 0 Å². The van der Waals surface area contributed by atoms with Crippen molar-refractivity contribution in [2.45, 2.75) is 12.5 Å². The molecule has 1 saturated heterocycles. The number of amides is 2. The molecule has 0 aliphatic carbocycles. The summed E-state index contributed by atoms with van der Waals surface area (Å²) in [6.07, 6.45) is 0.181. The van der Waals surface area contributed by atoms with Crippen LogP contribution in [0.1, 0.15) is 23.6 Å². The van der Waals surface area contributed by atoms with E-state index in [9.17, 15) is 9.59 Å². The Bertz CT molecular complexity index is 981. The Balaban J connectivity index is 1.54. The molecule has 30 heavy (non-hydrogen) atoms. The van der Waals surface area contributed by atoms with Crippen molar-refractivity contribution in [2.24, 2.45) is 5.92 Å². The maximum Gasteiger partial charge on any atom is 0.227 e. The second kappa shape index (κ2) is 8.82. The van der Waals surface area contributed by atoms with Crippen LogP contribution in [0.2, 0.25) is 0 Å². The number of carbonyl (C=O) groups is 2. The van der Waals surface area contributed by atoms with Crippen molar-refractivity contribution in [2.75, 3.05) is 18.6 Å². The highest BCUT2D eigenvalue weighted by molar-refractivity contribution is 6.01. The molecular formula is C25H24N2O3. The molecule has 2 amide bonds. The number of ether oxygens (including phenoxy) is 1. The molecule has 3 aromatic carbocycles. The molecule has 0 bridgehead atoms. The van der Waals surface area contributed by atoms with Gasteiger partial charge in [-0.3, -0.25) is 9.59 Å². The molecule has 0 spiro atoms. The lowest BCUT2D eigenvalue weighted by Crippen LogP contribution is -2.36. The zero-order valence-electron chi connectivity index (χ0n) is 16.8. The Morgan fingerprint density at radius 2 is 1.50 bits per heavy atom. The van der Waals surface area contributed by atoms with E-state index in [0.717, 1.165) is 11.1 Å². The Morgan fingerprint density at radius 3 is 2.10 bits per heavy atom. The fraction of sp³-hybridized carbons (Fsp3) is 0.200. The van der Waals surface area contributed by atoms with Crippen molar-refractivity contribution >= 4 is 17.5 Å². The summed E-state index contributed by atoms with van der Waals surface area (Å²) in [5, 5.41) is 3.16. The highest BCUT2D eigenvalue weighted by atomic mass is 16.5. The van der Waals surface area contributed by atoms with E-state index in [0.29, 0.717) is 18.0 Å². The van der Waals surface area contributed by atoms with Crippen LogP contribution in [0.4, 0.5) is 5.69 Å². The lowest BCUT2D eigenvalue weighted by atomic mass is 9.97. The molecule has 0 aromatic heterocycles. The summed E-state index contributed by atoms with van der Waals surface area (Å²) in [4.78, 5) is 27.5. The second-order valence-electron chi connectivity index (χ2n) is 7.34. The monoisotopic (exact) mass is 400 g/mol. The first-order chi connectivity index (χ1) is 14.7. The summed E-state index contributed by atoms with van der Waals surface area (Å²) in [6.45, 7) is 0.335. The molecule has 1 heterocycles. The zero-order valence-corrected chi connectivity index (χ0v) is 16.8. The Morgan fingerprint density at radius 1 is 0.933 bits per heavy atom. The maximum absolute atomic E-state index is 13.2. The first-order valence-corrected chi connectivity index (χ1v) is 10.0. The normalized spacial score (nSPS) is 16.0. The van der Waals surface area contributed by atoms with Gasteiger partial charge >= 0.3 is 0 Å². The van der Waals surface area contributed by atoms with Gasteiger partial charge in [0.05, 0.1) is 24.8 Å². The first-order valence-electron chi connectivity index (χ1n) is 10.0. The van der Waals surface area contributed by atoms with Gasteiger partial charge in [0, 0.05) is 13.0 Å². The Hall–Kier alpha value is -3.60. The molecule has 1 fully saturated rings. The number of hydrogen-bond acceptors (Lipinski definition) is 3. The number of carbonyl (C=O) groups excluding carboxylic acids is 2. The number of rotatable bonds is 6. The molecule has 1 unspecified atom stereocenters. The van der Waals surface area contributed by atoms with Crippen LogP contribution in [-0.2, 0) is 9.59 Å². The van der Waals surface area contributed by atoms with E-state index in [2.05, 4.69) is 5.32 Å². The summed E-state index contributed by atoms with van der Waals surface area (Å²) >= 11 is 0. The van der Waals surface area contributed by atoms with Crippen LogP contribution < -0.4 is 15.0 Å². The summed E-state index contributed by atoms with van der Waals surface area (Å²) in [6, 6.07) is 26.8. The standard InChI is InChI=1S/C25H24N2O3/c1-30-22-15-9-8-14-21(22)27-17-20(16-23(27)28)25(29)26-24(18-10-4-2-5-11-18)19-12-6-3-7-13-19/h2-15,20,24H,16-17H2,1H3,(H,26,29). The van der Waals surface area contributed by atoms with Crippen molar-refractivity contribution in [3.8, 4) is 5.75 Å². The fourth-order valence-corrected chi connectivity index (χ4v) is 3.88. The largest absolute Gasteiger partial charge is 0.495 e. The van der Waals surface area contributed by atoms with Gasteiger partial charge in [-0.2, -0.15) is 0 Å². The molecule has 1 atom stereocenters. The van der Waals surface area contributed by atoms with Crippen LogP contribution in [0.15, 0.2) is 84.9 Å². The quantitative estimate of drug-likeness (QED) is 0.682. The number of benzene rings is 3. The number of anilines is 1. The van der Waals surface area contributed by atoms with Crippen molar-refractivity contribution in [3.63, 3.8) is 0 Å². The summed E-state index contributed by atoms with van der Waals surface area (Å²) in [5.74, 6) is 0.00442. The lowest BCUT2D eigenvalue weighted by molar-refractivity contribution is -0.126. The van der Waals surface area contributed by atoms with Crippen LogP contribution in [0.25, 0.3) is 0 Å². The molecule has 5 nitrogen and oxygen atoms in total. The molecule has 3 aromatic rings. The van der Waals surface area contributed by atoms with Crippen molar-refractivity contribution in [1.29, 1.82) is 0 Å². The van der Waals surface area contributed by atoms with E-state index in [1.54, 1.807) is 12.0 Å². The third kappa shape index (κ3) is 4.06. The molecule has 4 rings (SSSR count). The van der Waals surface area contributed by atoms with Crippen LogP contribution in [-0.4, -0.2) is 25.5 Å². The minimum Gasteiger partial charge on any atom is -0.495 e. The van der Waals surface area contributed by atoms with Gasteiger partial charge in [0.2, 0.25) is 11.8 Å². The Labute approximate surface area is 176 Å². The Kier molecular flexibility index (Phi) is 5.80. The van der Waals surface area contributed by atoms with Gasteiger partial charge in [-0.15, -0.1) is 0 Å². The minimum atomic E-state index is -0.419. The van der Waals surface area contributed by atoms with E-state index in [1.165, 1.54) is 0 Å². The second-order valence-corrected chi connectivity index (χ2v) is 7.34. The van der Waals surface area contributed by atoms with E-state index >= 15 is 0 Å². The third-order valence-corrected chi connectivity index (χ3v) is 5.42. The number of hydrogen-bond donors (Lipinski definition) is 1. The first kappa shape index (κ1) is 19.7. The topological polar surface area (TPSA) is 58.6 Å². The lowest BCUT2D eigenvalue weighted by Gasteiger charge is -2.22. The van der Waals surface area contributed by atoms with Crippen molar-refractivity contribution < 1.29 is 14.3 Å². The van der Waals surface area contributed by atoms with Gasteiger partial charge in [0.1, 0.15) is 5.75 Å². The average molecular weight is 400 g/mol. The molecule has 152 valence electrons. The fourth-order valence-electron chi connectivity index (χ4n) is 3.88. The minimum absolute atomic E-state index is 0.0735. The molecule has 1 aliphatic heterocycles. The predicted molar refractivity (Wildman–Crippen MR) is 116 cm³/mol. The number of para-hydroxylation sites is 2. The predicted octanol–water partition coefficient (Wildman–Crippen LogP) is 3.95. The maximum atomic E-state index is 13.2. The highest BCUT2D eigenvalue weighted by Crippen LogP contribution is 2.33. The van der Waals surface area contributed by atoms with Crippen molar-refractivity contribution in [3.05, 3.63) is 96.1 Å². The van der Waals surface area contributed by atoms with Gasteiger partial charge in [-0.1, -0.05) is 72.8 Å². The van der Waals surface area contributed by atoms with Crippen LogP contribution >= 0.6 is 0 Å². The van der Waals surface area contributed by atoms with Gasteiger partial charge < -0.3 is 15.0 Å². The highest BCUT2D eigenvalue weighted by Gasteiger charge is 2.37. The van der Waals surface area contributed by atoms with E-state index < -0.39 is 5.92 Å². The van der Waals surface area contributed by atoms with Crippen LogP contribution in [0.3, 0.4) is 0 Å². The smallest absolute Gasteiger partial charge is 0.227 e. The SMILES string of the molecule is COc1ccccc1N1CC(C(=O)NC(c2ccccc2)c2ccccc2)CC1=O. The average Bonchev–Trinajstić information content (AvgIpc) is 3.20. The number of nitrogens with one attached hydrogen (secondary N) is 1. The number of nitrogens with zero attached hydrogens (tertiary/aromatic N) is 1. The molecule has 1 aliphatic rings. The van der Waals surface area contributed by atoms with Crippen molar-refractivity contribution in [1.82, 2.24) is 5.32 Å². The molecule has 0 saturated carbocycles. The van der Waals surface area contributed by atoms with E-state index in [1.807, 2.05) is 84.9 Å². The summed E-state index contributed by atoms with van der Waals surface area (Å²) < 4.78 is 5.39. The van der Waals surface area contributed by atoms with Gasteiger partial charge in [-0.05, 0) is 23.3 Å². The summed E-state index contributed by atoms with van der Waals surface area (Å²) in [7, 11) is 1.58. The number of methoxy groups -OCH3 is 1. The zero-order chi connectivity index (χ0) is 20.9. The van der Waals surface area contributed by atoms with Crippen LogP contribution in [0.5, 0.6) is 5.75 Å². The molecular weight excluding hydrogens is 376 g/mol. The molecule has 1 N–H and O–H groups in total. The van der Waals surface area contributed by atoms with Gasteiger partial charge in [0.15, 0.2) is 0 Å². The molecule has 5 heteroatoms. The van der Waals surface area contributed by atoms with E-state index in [-0.39, 0.29) is 24.3 Å². The van der Waals surface area contributed by atoms with Crippen LogP contribution in [0, 0.1) is 5.92 Å². The molecule has 0 radical (unpaired) electrons. The third-order valence-electron chi connectivity index (χ3n) is 5.42. The van der Waals surface area contributed by atoms with Gasteiger partial charge in [0.25, 0.3) is 0 Å². The summed E-state index contributed by atoms with van der Waals surface area (Å²) in [5.41, 5.74) is 2.70. The van der Waals surface area contributed by atoms with E-state index in [4.69, 9.17) is 4.74 Å².